The van der Waals surface area contributed by atoms with Crippen molar-refractivity contribution in [3.63, 3.8) is 0 Å². The fourth-order valence-electron chi connectivity index (χ4n) is 3.47. The summed E-state index contributed by atoms with van der Waals surface area (Å²) in [5.74, 6) is -0.732. The van der Waals surface area contributed by atoms with Crippen molar-refractivity contribution in [3.05, 3.63) is 66.4 Å². The van der Waals surface area contributed by atoms with E-state index in [-0.39, 0.29) is 29.1 Å². The topological polar surface area (TPSA) is 109 Å². The Morgan fingerprint density at radius 3 is 2.74 bits per heavy atom. The van der Waals surface area contributed by atoms with Gasteiger partial charge in [-0.3, -0.25) is 9.59 Å². The Bertz CT molecular complexity index is 1020. The number of hydrogen-bond acceptors (Lipinski definition) is 5. The molecule has 1 aromatic carbocycles. The highest BCUT2D eigenvalue weighted by atomic mass is 32.2. The van der Waals surface area contributed by atoms with Crippen molar-refractivity contribution in [2.75, 3.05) is 19.6 Å². The SMILES string of the molecule is C=CC(=O)NC1CCCCN(S(=O)(=O)c2cc(C(=O)NCCc3ccccc3)co2)C1. The second-order valence-corrected chi connectivity index (χ2v) is 9.28. The minimum absolute atomic E-state index is 0.140. The molecule has 2 N–H and O–H groups in total. The third-order valence-electron chi connectivity index (χ3n) is 5.14. The molecule has 1 aliphatic heterocycles. The van der Waals surface area contributed by atoms with Gasteiger partial charge in [0.05, 0.1) is 5.56 Å². The summed E-state index contributed by atoms with van der Waals surface area (Å²) in [6.45, 7) is 4.31. The summed E-state index contributed by atoms with van der Waals surface area (Å²) in [4.78, 5) is 24.0. The predicted molar refractivity (Wildman–Crippen MR) is 116 cm³/mol. The van der Waals surface area contributed by atoms with Gasteiger partial charge in [0.15, 0.2) is 0 Å². The number of sulfonamides is 1. The van der Waals surface area contributed by atoms with Gasteiger partial charge in [0.2, 0.25) is 11.0 Å². The van der Waals surface area contributed by atoms with Crippen molar-refractivity contribution in [1.82, 2.24) is 14.9 Å². The van der Waals surface area contributed by atoms with Crippen LogP contribution in [-0.4, -0.2) is 50.2 Å². The molecule has 2 amide bonds. The first-order chi connectivity index (χ1) is 14.9. The minimum Gasteiger partial charge on any atom is -0.451 e. The van der Waals surface area contributed by atoms with Crippen LogP contribution in [0.1, 0.15) is 35.2 Å². The van der Waals surface area contributed by atoms with Crippen LogP contribution in [0.15, 0.2) is 64.8 Å². The molecule has 2 heterocycles. The molecule has 2 aromatic rings. The zero-order chi connectivity index (χ0) is 22.3. The van der Waals surface area contributed by atoms with E-state index in [2.05, 4.69) is 17.2 Å². The number of carbonyl (C=O) groups excluding carboxylic acids is 2. The van der Waals surface area contributed by atoms with Crippen LogP contribution in [0.25, 0.3) is 0 Å². The van der Waals surface area contributed by atoms with Crippen LogP contribution >= 0.6 is 0 Å². The van der Waals surface area contributed by atoms with E-state index in [0.717, 1.165) is 18.2 Å². The van der Waals surface area contributed by atoms with Crippen LogP contribution in [0.2, 0.25) is 0 Å². The van der Waals surface area contributed by atoms with Crippen molar-refractivity contribution in [1.29, 1.82) is 0 Å². The van der Waals surface area contributed by atoms with Gasteiger partial charge in [-0.15, -0.1) is 0 Å². The summed E-state index contributed by atoms with van der Waals surface area (Å²) < 4.78 is 32.6. The first kappa shape index (κ1) is 22.8. The van der Waals surface area contributed by atoms with Gasteiger partial charge in [-0.2, -0.15) is 4.31 Å². The zero-order valence-corrected chi connectivity index (χ0v) is 18.1. The second kappa shape index (κ2) is 10.4. The Balaban J connectivity index is 1.63. The molecule has 9 heteroatoms. The van der Waals surface area contributed by atoms with Crippen molar-refractivity contribution in [2.24, 2.45) is 0 Å². The summed E-state index contributed by atoms with van der Waals surface area (Å²) >= 11 is 0. The molecule has 1 saturated heterocycles. The monoisotopic (exact) mass is 445 g/mol. The number of nitrogens with zero attached hydrogens (tertiary/aromatic N) is 1. The van der Waals surface area contributed by atoms with E-state index in [1.54, 1.807) is 0 Å². The Labute approximate surface area is 182 Å². The molecule has 0 saturated carbocycles. The number of nitrogens with one attached hydrogen (secondary N) is 2. The van der Waals surface area contributed by atoms with E-state index in [1.807, 2.05) is 30.3 Å². The molecule has 166 valence electrons. The van der Waals surface area contributed by atoms with Crippen LogP contribution in [-0.2, 0) is 21.2 Å². The largest absolute Gasteiger partial charge is 0.451 e. The van der Waals surface area contributed by atoms with Crippen molar-refractivity contribution in [2.45, 2.75) is 36.8 Å². The lowest BCUT2D eigenvalue weighted by atomic mass is 10.1. The summed E-state index contributed by atoms with van der Waals surface area (Å²) in [6, 6.07) is 10.7. The molecule has 1 unspecified atom stereocenters. The zero-order valence-electron chi connectivity index (χ0n) is 17.2. The molecule has 8 nitrogen and oxygen atoms in total. The molecule has 3 rings (SSSR count). The van der Waals surface area contributed by atoms with E-state index in [9.17, 15) is 18.0 Å². The molecule has 0 spiro atoms. The lowest BCUT2D eigenvalue weighted by Gasteiger charge is -2.23. The number of benzene rings is 1. The van der Waals surface area contributed by atoms with E-state index in [1.165, 1.54) is 16.4 Å². The first-order valence-electron chi connectivity index (χ1n) is 10.2. The van der Waals surface area contributed by atoms with Crippen LogP contribution in [0.5, 0.6) is 0 Å². The van der Waals surface area contributed by atoms with Crippen LogP contribution < -0.4 is 10.6 Å². The smallest absolute Gasteiger partial charge is 0.276 e. The number of amides is 2. The average Bonchev–Trinajstić information content (AvgIpc) is 3.16. The van der Waals surface area contributed by atoms with Crippen molar-refractivity contribution >= 4 is 21.8 Å². The van der Waals surface area contributed by atoms with Crippen LogP contribution in [0.3, 0.4) is 0 Å². The standard InChI is InChI=1S/C22H27N3O5S/c1-2-20(26)24-19-10-6-7-13-25(15-19)31(28,29)21-14-18(16-30-21)22(27)23-12-11-17-8-4-3-5-9-17/h2-5,8-9,14,16,19H,1,6-7,10-13,15H2,(H,23,27)(H,24,26). The maximum atomic E-state index is 13.0. The molecule has 0 radical (unpaired) electrons. The van der Waals surface area contributed by atoms with E-state index >= 15 is 0 Å². The average molecular weight is 446 g/mol. The number of furan rings is 1. The molecular formula is C22H27N3O5S. The number of hydrogen-bond donors (Lipinski definition) is 2. The van der Waals surface area contributed by atoms with Gasteiger partial charge in [-0.05, 0) is 30.9 Å². The maximum Gasteiger partial charge on any atom is 0.276 e. The van der Waals surface area contributed by atoms with Crippen molar-refractivity contribution < 1.29 is 22.4 Å². The van der Waals surface area contributed by atoms with E-state index < -0.39 is 15.9 Å². The lowest BCUT2D eigenvalue weighted by molar-refractivity contribution is -0.117. The van der Waals surface area contributed by atoms with Gasteiger partial charge in [0.1, 0.15) is 6.26 Å². The van der Waals surface area contributed by atoms with Crippen LogP contribution in [0.4, 0.5) is 0 Å². The third-order valence-corrected chi connectivity index (χ3v) is 6.87. The normalized spacial score (nSPS) is 17.5. The fourth-order valence-corrected chi connectivity index (χ4v) is 4.91. The van der Waals surface area contributed by atoms with Crippen molar-refractivity contribution in [3.8, 4) is 0 Å². The first-order valence-corrected chi connectivity index (χ1v) is 11.7. The maximum absolute atomic E-state index is 13.0. The highest BCUT2D eigenvalue weighted by molar-refractivity contribution is 7.89. The van der Waals surface area contributed by atoms with Gasteiger partial charge in [-0.1, -0.05) is 43.3 Å². The summed E-state index contributed by atoms with van der Waals surface area (Å²) in [5, 5.41) is 5.26. The Morgan fingerprint density at radius 2 is 2.00 bits per heavy atom. The molecule has 0 aliphatic carbocycles. The highest BCUT2D eigenvalue weighted by Gasteiger charge is 2.32. The lowest BCUT2D eigenvalue weighted by Crippen LogP contribution is -2.44. The minimum atomic E-state index is -3.93. The van der Waals surface area contributed by atoms with Crippen LogP contribution in [0, 0.1) is 0 Å². The van der Waals surface area contributed by atoms with Gasteiger partial charge in [0, 0.05) is 31.7 Å². The Kier molecular flexibility index (Phi) is 7.64. The van der Waals surface area contributed by atoms with Gasteiger partial charge in [-0.25, -0.2) is 8.42 Å². The molecule has 31 heavy (non-hydrogen) atoms. The summed E-state index contributed by atoms with van der Waals surface area (Å²) in [7, 11) is -3.93. The highest BCUT2D eigenvalue weighted by Crippen LogP contribution is 2.22. The molecular weight excluding hydrogens is 418 g/mol. The predicted octanol–water partition coefficient (Wildman–Crippen LogP) is 2.10. The molecule has 1 fully saturated rings. The fraction of sp³-hybridized carbons (Fsp3) is 0.364. The number of rotatable bonds is 8. The number of carbonyl (C=O) groups is 2. The van der Waals surface area contributed by atoms with E-state index in [4.69, 9.17) is 4.42 Å². The van der Waals surface area contributed by atoms with Gasteiger partial charge < -0.3 is 15.1 Å². The quantitative estimate of drug-likeness (QED) is 0.605. The molecule has 1 aromatic heterocycles. The molecule has 1 aliphatic rings. The Morgan fingerprint density at radius 1 is 1.23 bits per heavy atom. The molecule has 1 atom stereocenters. The van der Waals surface area contributed by atoms with E-state index in [0.29, 0.717) is 32.4 Å². The third kappa shape index (κ3) is 6.05. The van der Waals surface area contributed by atoms with Gasteiger partial charge >= 0.3 is 0 Å². The summed E-state index contributed by atoms with van der Waals surface area (Å²) in [5.41, 5.74) is 1.25. The summed E-state index contributed by atoms with van der Waals surface area (Å²) in [6.07, 6.45) is 5.13. The van der Waals surface area contributed by atoms with Gasteiger partial charge in [0.25, 0.3) is 15.9 Å². The second-order valence-electron chi connectivity index (χ2n) is 7.41. The Hall–Kier alpha value is -2.91. The molecule has 0 bridgehead atoms.